The minimum atomic E-state index is -0.349. The lowest BCUT2D eigenvalue weighted by Gasteiger charge is -2.17. The number of amides is 2. The highest BCUT2D eigenvalue weighted by molar-refractivity contribution is 5.99. The van der Waals surface area contributed by atoms with Crippen LogP contribution in [0.4, 0.5) is 0 Å². The minimum absolute atomic E-state index is 0.108. The summed E-state index contributed by atoms with van der Waals surface area (Å²) < 4.78 is 5.22. The molecule has 1 aliphatic heterocycles. The molecule has 0 bridgehead atoms. The van der Waals surface area contributed by atoms with Crippen molar-refractivity contribution >= 4 is 22.7 Å². The molecule has 2 heterocycles. The number of likely N-dealkylation sites (tertiary alicyclic amines) is 1. The number of ether oxygens (including phenoxy) is 1. The second-order valence-electron chi connectivity index (χ2n) is 5.82. The highest BCUT2D eigenvalue weighted by atomic mass is 16.5. The normalized spacial score (nSPS) is 17.5. The number of hydrogen-bond acceptors (Lipinski definition) is 4. The van der Waals surface area contributed by atoms with Gasteiger partial charge in [-0.25, -0.2) is 0 Å². The molecule has 0 saturated carbocycles. The number of pyridine rings is 1. The fraction of sp³-hybridized carbons (Fsp3) is 0.353. The Morgan fingerprint density at radius 3 is 2.78 bits per heavy atom. The summed E-state index contributed by atoms with van der Waals surface area (Å²) in [6.45, 7) is 2.74. The maximum absolute atomic E-state index is 12.7. The third-order valence-electron chi connectivity index (χ3n) is 4.32. The Labute approximate surface area is 134 Å². The number of nitrogens with zero attached hydrogens (tertiary/aromatic N) is 2. The summed E-state index contributed by atoms with van der Waals surface area (Å²) in [5, 5.41) is 0.851. The Morgan fingerprint density at radius 1 is 1.35 bits per heavy atom. The molecule has 1 aromatic carbocycles. The van der Waals surface area contributed by atoms with Crippen LogP contribution in [-0.4, -0.2) is 41.9 Å². The van der Waals surface area contributed by atoms with Crippen LogP contribution >= 0.6 is 0 Å². The Balaban J connectivity index is 1.94. The number of carbonyl (C=O) groups is 2. The van der Waals surface area contributed by atoms with Crippen molar-refractivity contribution in [2.24, 2.45) is 11.7 Å². The summed E-state index contributed by atoms with van der Waals surface area (Å²) >= 11 is 0. The molecular weight excluding hydrogens is 294 g/mol. The Hall–Kier alpha value is -2.63. The van der Waals surface area contributed by atoms with Crippen LogP contribution < -0.4 is 10.5 Å². The van der Waals surface area contributed by atoms with E-state index in [1.807, 2.05) is 31.2 Å². The summed E-state index contributed by atoms with van der Waals surface area (Å²) in [5.41, 5.74) is 7.38. The number of benzene rings is 1. The van der Waals surface area contributed by atoms with E-state index in [2.05, 4.69) is 4.98 Å². The lowest BCUT2D eigenvalue weighted by molar-refractivity contribution is -0.121. The van der Waals surface area contributed by atoms with Gasteiger partial charge in [-0.1, -0.05) is 0 Å². The quantitative estimate of drug-likeness (QED) is 0.930. The SMILES string of the molecule is COc1ccc2nc(C)c(C(=O)N3CC[C@@H](C(N)=O)C3)cc2c1. The van der Waals surface area contributed by atoms with Crippen LogP contribution in [-0.2, 0) is 4.79 Å². The number of hydrogen-bond donors (Lipinski definition) is 1. The van der Waals surface area contributed by atoms with E-state index in [9.17, 15) is 9.59 Å². The summed E-state index contributed by atoms with van der Waals surface area (Å²) in [5.74, 6) is 0.00569. The maximum atomic E-state index is 12.7. The van der Waals surface area contributed by atoms with E-state index < -0.39 is 0 Å². The third kappa shape index (κ3) is 2.84. The van der Waals surface area contributed by atoms with Crippen molar-refractivity contribution in [3.63, 3.8) is 0 Å². The number of rotatable bonds is 3. The molecule has 0 radical (unpaired) electrons. The van der Waals surface area contributed by atoms with Gasteiger partial charge in [0.25, 0.3) is 5.91 Å². The van der Waals surface area contributed by atoms with Crippen LogP contribution in [0.15, 0.2) is 24.3 Å². The molecule has 6 nitrogen and oxygen atoms in total. The van der Waals surface area contributed by atoms with E-state index >= 15 is 0 Å². The van der Waals surface area contributed by atoms with Gasteiger partial charge in [0.2, 0.25) is 5.91 Å². The van der Waals surface area contributed by atoms with Gasteiger partial charge >= 0.3 is 0 Å². The molecule has 0 spiro atoms. The summed E-state index contributed by atoms with van der Waals surface area (Å²) in [6, 6.07) is 7.40. The lowest BCUT2D eigenvalue weighted by Crippen LogP contribution is -2.32. The molecular formula is C17H19N3O3. The van der Waals surface area contributed by atoms with Gasteiger partial charge in [-0.15, -0.1) is 0 Å². The number of methoxy groups -OCH3 is 1. The number of fused-ring (bicyclic) bond motifs is 1. The van der Waals surface area contributed by atoms with Gasteiger partial charge in [-0.2, -0.15) is 0 Å². The largest absolute Gasteiger partial charge is 0.497 e. The summed E-state index contributed by atoms with van der Waals surface area (Å²) in [4.78, 5) is 30.2. The average Bonchev–Trinajstić information content (AvgIpc) is 3.03. The molecule has 2 amide bonds. The van der Waals surface area contributed by atoms with E-state index in [0.29, 0.717) is 30.8 Å². The fourth-order valence-electron chi connectivity index (χ4n) is 2.94. The molecule has 6 heteroatoms. The highest BCUT2D eigenvalue weighted by Gasteiger charge is 2.31. The first kappa shape index (κ1) is 15.3. The zero-order valence-electron chi connectivity index (χ0n) is 13.2. The van der Waals surface area contributed by atoms with Gasteiger partial charge < -0.3 is 15.4 Å². The molecule has 0 aliphatic carbocycles. The maximum Gasteiger partial charge on any atom is 0.255 e. The average molecular weight is 313 g/mol. The fourth-order valence-corrected chi connectivity index (χ4v) is 2.94. The first-order valence-corrected chi connectivity index (χ1v) is 7.53. The molecule has 1 saturated heterocycles. The van der Waals surface area contributed by atoms with Crippen LogP contribution in [0.1, 0.15) is 22.5 Å². The molecule has 120 valence electrons. The van der Waals surface area contributed by atoms with Gasteiger partial charge in [-0.05, 0) is 37.6 Å². The zero-order chi connectivity index (χ0) is 16.6. The van der Waals surface area contributed by atoms with Gasteiger partial charge in [0, 0.05) is 18.5 Å². The molecule has 1 aromatic heterocycles. The van der Waals surface area contributed by atoms with E-state index in [1.165, 1.54) is 0 Å². The van der Waals surface area contributed by atoms with Crippen LogP contribution in [0.3, 0.4) is 0 Å². The lowest BCUT2D eigenvalue weighted by atomic mass is 10.1. The first-order chi connectivity index (χ1) is 11.0. The molecule has 2 aromatic rings. The van der Waals surface area contributed by atoms with Crippen molar-refractivity contribution in [2.75, 3.05) is 20.2 Å². The monoisotopic (exact) mass is 313 g/mol. The smallest absolute Gasteiger partial charge is 0.255 e. The van der Waals surface area contributed by atoms with Crippen molar-refractivity contribution in [1.82, 2.24) is 9.88 Å². The van der Waals surface area contributed by atoms with Crippen LogP contribution in [0.25, 0.3) is 10.9 Å². The molecule has 23 heavy (non-hydrogen) atoms. The van der Waals surface area contributed by atoms with Gasteiger partial charge in [-0.3, -0.25) is 14.6 Å². The highest BCUT2D eigenvalue weighted by Crippen LogP contribution is 2.24. The van der Waals surface area contributed by atoms with Crippen molar-refractivity contribution in [3.05, 3.63) is 35.5 Å². The number of primary amides is 1. The second kappa shape index (κ2) is 5.87. The molecule has 2 N–H and O–H groups in total. The van der Waals surface area contributed by atoms with Gasteiger partial charge in [0.05, 0.1) is 29.8 Å². The number of aromatic nitrogens is 1. The molecule has 0 unspecified atom stereocenters. The topological polar surface area (TPSA) is 85.5 Å². The van der Waals surface area contributed by atoms with Crippen molar-refractivity contribution in [3.8, 4) is 5.75 Å². The van der Waals surface area contributed by atoms with Gasteiger partial charge in [0.15, 0.2) is 0 Å². The number of nitrogens with two attached hydrogens (primary N) is 1. The molecule has 1 fully saturated rings. The van der Waals surface area contributed by atoms with E-state index in [1.54, 1.807) is 12.0 Å². The Morgan fingerprint density at radius 2 is 2.13 bits per heavy atom. The zero-order valence-corrected chi connectivity index (χ0v) is 13.2. The Kier molecular flexibility index (Phi) is 3.90. The number of aryl methyl sites for hydroxylation is 1. The number of carbonyl (C=O) groups excluding carboxylic acids is 2. The van der Waals surface area contributed by atoms with Crippen LogP contribution in [0, 0.1) is 12.8 Å². The molecule has 3 rings (SSSR count). The van der Waals surface area contributed by atoms with E-state index in [0.717, 1.165) is 16.7 Å². The van der Waals surface area contributed by atoms with Crippen molar-refractivity contribution in [2.45, 2.75) is 13.3 Å². The predicted octanol–water partition coefficient (Wildman–Crippen LogP) is 1.50. The minimum Gasteiger partial charge on any atom is -0.497 e. The summed E-state index contributed by atoms with van der Waals surface area (Å²) in [6.07, 6.45) is 0.620. The van der Waals surface area contributed by atoms with Gasteiger partial charge in [0.1, 0.15) is 5.75 Å². The second-order valence-corrected chi connectivity index (χ2v) is 5.82. The first-order valence-electron chi connectivity index (χ1n) is 7.53. The van der Waals surface area contributed by atoms with Crippen LogP contribution in [0.5, 0.6) is 5.75 Å². The van der Waals surface area contributed by atoms with Crippen molar-refractivity contribution in [1.29, 1.82) is 0 Å². The third-order valence-corrected chi connectivity index (χ3v) is 4.32. The van der Waals surface area contributed by atoms with Crippen molar-refractivity contribution < 1.29 is 14.3 Å². The molecule has 1 aliphatic rings. The Bertz CT molecular complexity index is 788. The van der Waals surface area contributed by atoms with E-state index in [-0.39, 0.29) is 17.7 Å². The van der Waals surface area contributed by atoms with Crippen LogP contribution in [0.2, 0.25) is 0 Å². The predicted molar refractivity (Wildman–Crippen MR) is 86.2 cm³/mol. The standard InChI is InChI=1S/C17H19N3O3/c1-10-14(17(22)20-6-5-11(9-20)16(18)21)8-12-7-13(23-2)3-4-15(12)19-10/h3-4,7-8,11H,5-6,9H2,1-2H3,(H2,18,21)/t11-/m1/s1. The molecule has 1 atom stereocenters. The summed E-state index contributed by atoms with van der Waals surface area (Å²) in [7, 11) is 1.60. The van der Waals surface area contributed by atoms with E-state index in [4.69, 9.17) is 10.5 Å².